The van der Waals surface area contributed by atoms with Gasteiger partial charge in [0.1, 0.15) is 0 Å². The lowest BCUT2D eigenvalue weighted by Gasteiger charge is -2.14. The zero-order valence-corrected chi connectivity index (χ0v) is 12.9. The highest BCUT2D eigenvalue weighted by atomic mass is 19.4. The summed E-state index contributed by atoms with van der Waals surface area (Å²) in [6.45, 7) is 0. The highest BCUT2D eigenvalue weighted by Gasteiger charge is 2.37. The van der Waals surface area contributed by atoms with Gasteiger partial charge in [-0.25, -0.2) is 0 Å². The lowest BCUT2D eigenvalue weighted by atomic mass is 10.0. The van der Waals surface area contributed by atoms with Crippen LogP contribution in [0.5, 0.6) is 0 Å². The molecule has 0 spiro atoms. The van der Waals surface area contributed by atoms with Gasteiger partial charge in [0.05, 0.1) is 16.8 Å². The third-order valence-electron chi connectivity index (χ3n) is 3.77. The van der Waals surface area contributed by atoms with Crippen molar-refractivity contribution in [1.29, 1.82) is 0 Å². The molecule has 1 N–H and O–H groups in total. The van der Waals surface area contributed by atoms with Crippen molar-refractivity contribution in [2.24, 2.45) is 0 Å². The number of aromatic nitrogens is 2. The lowest BCUT2D eigenvalue weighted by Crippen LogP contribution is -2.18. The number of halogens is 6. The van der Waals surface area contributed by atoms with Crippen LogP contribution in [-0.2, 0) is 12.4 Å². The molecule has 0 unspecified atom stereocenters. The number of amides is 1. The van der Waals surface area contributed by atoms with Crippen LogP contribution in [0.4, 0.5) is 32.2 Å². The van der Waals surface area contributed by atoms with E-state index in [1.54, 1.807) is 6.07 Å². The molecule has 3 rings (SSSR count). The van der Waals surface area contributed by atoms with E-state index < -0.39 is 35.0 Å². The number of nitrogens with zero attached hydrogens (tertiary/aromatic N) is 2. The normalized spacial score (nSPS) is 15.0. The van der Waals surface area contributed by atoms with Crippen molar-refractivity contribution < 1.29 is 31.1 Å². The van der Waals surface area contributed by atoms with Crippen molar-refractivity contribution in [3.63, 3.8) is 0 Å². The summed E-state index contributed by atoms with van der Waals surface area (Å²) in [7, 11) is 0. The second-order valence-electron chi connectivity index (χ2n) is 5.87. The van der Waals surface area contributed by atoms with E-state index in [9.17, 15) is 31.1 Å². The molecule has 1 heterocycles. The van der Waals surface area contributed by atoms with Crippen molar-refractivity contribution in [1.82, 2.24) is 10.2 Å². The van der Waals surface area contributed by atoms with Gasteiger partial charge in [-0.1, -0.05) is 0 Å². The van der Waals surface area contributed by atoms with Crippen molar-refractivity contribution in [2.45, 2.75) is 31.1 Å². The number of alkyl halides is 6. The molecule has 26 heavy (non-hydrogen) atoms. The Balaban J connectivity index is 1.87. The molecule has 2 aromatic rings. The topological polar surface area (TPSA) is 54.9 Å². The number of carbonyl (C=O) groups excluding carboxylic acids is 1. The zero-order valence-electron chi connectivity index (χ0n) is 12.9. The first-order valence-electron chi connectivity index (χ1n) is 7.48. The maximum Gasteiger partial charge on any atom is 0.416 e. The van der Waals surface area contributed by atoms with Gasteiger partial charge in [-0.05, 0) is 43.2 Å². The Bertz CT molecular complexity index is 793. The van der Waals surface area contributed by atoms with Crippen LogP contribution in [0, 0.1) is 0 Å². The number of nitrogens with one attached hydrogen (secondary N) is 1. The minimum atomic E-state index is -5.03. The van der Waals surface area contributed by atoms with Gasteiger partial charge < -0.3 is 5.32 Å². The Morgan fingerprint density at radius 2 is 1.50 bits per heavy atom. The van der Waals surface area contributed by atoms with Crippen molar-refractivity contribution in [3.8, 4) is 0 Å². The maximum absolute atomic E-state index is 12.8. The first-order chi connectivity index (χ1) is 12.0. The number of rotatable bonds is 3. The van der Waals surface area contributed by atoms with Gasteiger partial charge in [0.2, 0.25) is 0 Å². The van der Waals surface area contributed by atoms with Crippen molar-refractivity contribution in [2.75, 3.05) is 5.32 Å². The summed E-state index contributed by atoms with van der Waals surface area (Å²) in [6.07, 6.45) is -8.10. The molecule has 1 aliphatic carbocycles. The first kappa shape index (κ1) is 18.2. The summed E-state index contributed by atoms with van der Waals surface area (Å²) in [4.78, 5) is 12.1. The van der Waals surface area contributed by atoms with Gasteiger partial charge in [-0.3, -0.25) is 4.79 Å². The number of hydrogen-bond donors (Lipinski definition) is 1. The molecule has 0 aliphatic heterocycles. The number of benzene rings is 1. The fraction of sp³-hybridized carbons (Fsp3) is 0.312. The minimum absolute atomic E-state index is 0.0407. The van der Waals surface area contributed by atoms with E-state index in [2.05, 4.69) is 15.5 Å². The van der Waals surface area contributed by atoms with Crippen LogP contribution in [0.2, 0.25) is 0 Å². The van der Waals surface area contributed by atoms with Crippen LogP contribution in [0.15, 0.2) is 30.3 Å². The highest BCUT2D eigenvalue weighted by molar-refractivity contribution is 6.04. The van der Waals surface area contributed by atoms with Crippen LogP contribution < -0.4 is 5.32 Å². The zero-order chi connectivity index (χ0) is 19.1. The predicted molar refractivity (Wildman–Crippen MR) is 78.4 cm³/mol. The summed E-state index contributed by atoms with van der Waals surface area (Å²) in [5, 5.41) is 9.75. The maximum atomic E-state index is 12.8. The quantitative estimate of drug-likeness (QED) is 0.795. The number of carbonyl (C=O) groups is 1. The Morgan fingerprint density at radius 1 is 0.923 bits per heavy atom. The number of hydrogen-bond acceptors (Lipinski definition) is 3. The molecule has 10 heteroatoms. The molecule has 0 bridgehead atoms. The van der Waals surface area contributed by atoms with E-state index >= 15 is 0 Å². The molecule has 1 fully saturated rings. The smallest absolute Gasteiger partial charge is 0.305 e. The van der Waals surface area contributed by atoms with E-state index in [-0.39, 0.29) is 11.9 Å². The molecule has 1 aliphatic rings. The second-order valence-corrected chi connectivity index (χ2v) is 5.87. The average Bonchev–Trinajstić information content (AvgIpc) is 3.38. The molecule has 1 amide bonds. The van der Waals surface area contributed by atoms with Gasteiger partial charge in [0.15, 0.2) is 5.82 Å². The van der Waals surface area contributed by atoms with Crippen LogP contribution in [0.1, 0.15) is 45.9 Å². The Morgan fingerprint density at radius 3 is 1.92 bits per heavy atom. The minimum Gasteiger partial charge on any atom is -0.305 e. The fourth-order valence-electron chi connectivity index (χ4n) is 2.28. The van der Waals surface area contributed by atoms with E-state index in [1.807, 2.05) is 0 Å². The monoisotopic (exact) mass is 375 g/mol. The van der Waals surface area contributed by atoms with E-state index in [0.29, 0.717) is 18.1 Å². The third-order valence-corrected chi connectivity index (χ3v) is 3.77. The molecule has 1 aromatic heterocycles. The van der Waals surface area contributed by atoms with Gasteiger partial charge in [-0.15, -0.1) is 5.10 Å². The lowest BCUT2D eigenvalue weighted by molar-refractivity contribution is -0.143. The Kier molecular flexibility index (Phi) is 4.37. The molecule has 0 radical (unpaired) electrons. The Hall–Kier alpha value is -2.65. The van der Waals surface area contributed by atoms with Gasteiger partial charge in [0, 0.05) is 11.5 Å². The second kappa shape index (κ2) is 6.26. The summed E-state index contributed by atoms with van der Waals surface area (Å²) >= 11 is 0. The van der Waals surface area contributed by atoms with Gasteiger partial charge in [-0.2, -0.15) is 31.4 Å². The molecule has 4 nitrogen and oxygen atoms in total. The van der Waals surface area contributed by atoms with Crippen LogP contribution >= 0.6 is 0 Å². The molecule has 1 aromatic carbocycles. The van der Waals surface area contributed by atoms with Crippen LogP contribution in [0.25, 0.3) is 0 Å². The van der Waals surface area contributed by atoms with Crippen LogP contribution in [-0.4, -0.2) is 16.1 Å². The number of anilines is 1. The molecule has 138 valence electrons. The average molecular weight is 375 g/mol. The standard InChI is InChI=1S/C16H11F6N3O/c17-15(18,19)10-5-9(6-11(7-10)16(20,21)22)14(26)23-13-4-3-12(24-25-13)8-1-2-8/h3-8H,1-2H2,(H,23,25,26). The summed E-state index contributed by atoms with van der Waals surface area (Å²) in [5.74, 6) is -0.898. The fourth-order valence-corrected chi connectivity index (χ4v) is 2.28. The summed E-state index contributed by atoms with van der Waals surface area (Å²) < 4.78 is 77.0. The SMILES string of the molecule is O=C(Nc1ccc(C2CC2)nn1)c1cc(C(F)(F)F)cc(C(F)(F)F)c1. The van der Waals surface area contributed by atoms with Gasteiger partial charge >= 0.3 is 12.4 Å². The van der Waals surface area contributed by atoms with Crippen LogP contribution in [0.3, 0.4) is 0 Å². The highest BCUT2D eigenvalue weighted by Crippen LogP contribution is 2.39. The van der Waals surface area contributed by atoms with Gasteiger partial charge in [0.25, 0.3) is 5.91 Å². The molecule has 1 saturated carbocycles. The van der Waals surface area contributed by atoms with Crippen molar-refractivity contribution >= 4 is 11.7 Å². The predicted octanol–water partition coefficient (Wildman–Crippen LogP) is 4.64. The summed E-state index contributed by atoms with van der Waals surface area (Å²) in [5.41, 5.74) is -3.18. The van der Waals surface area contributed by atoms with Crippen molar-refractivity contribution in [3.05, 3.63) is 52.7 Å². The largest absolute Gasteiger partial charge is 0.416 e. The molecule has 0 atom stereocenters. The Labute approximate surface area is 143 Å². The summed E-state index contributed by atoms with van der Waals surface area (Å²) in [6, 6.07) is 3.68. The third kappa shape index (κ3) is 4.12. The molecular weight excluding hydrogens is 364 g/mol. The first-order valence-corrected chi connectivity index (χ1v) is 7.48. The molecule has 0 saturated heterocycles. The van der Waals surface area contributed by atoms with E-state index in [1.165, 1.54) is 6.07 Å². The molecular formula is C16H11F6N3O. The van der Waals surface area contributed by atoms with E-state index in [0.717, 1.165) is 18.5 Å². The van der Waals surface area contributed by atoms with E-state index in [4.69, 9.17) is 0 Å².